The third kappa shape index (κ3) is 3.13. The van der Waals surface area contributed by atoms with E-state index in [-0.39, 0.29) is 11.3 Å². The summed E-state index contributed by atoms with van der Waals surface area (Å²) in [6.07, 6.45) is 6.30. The Morgan fingerprint density at radius 2 is 2.12 bits per heavy atom. The molecule has 1 aliphatic heterocycles. The molecule has 0 aromatic carbocycles. The molecular formula is C10H18N2O2S2. The van der Waals surface area contributed by atoms with Crippen molar-refractivity contribution in [1.82, 2.24) is 5.32 Å². The fourth-order valence-electron chi connectivity index (χ4n) is 2.22. The average Bonchev–Trinajstić information content (AvgIpc) is 2.76. The maximum absolute atomic E-state index is 11.0. The van der Waals surface area contributed by atoms with Gasteiger partial charge in [0.15, 0.2) is 5.17 Å². The zero-order valence-corrected chi connectivity index (χ0v) is 11.2. The van der Waals surface area contributed by atoms with E-state index in [2.05, 4.69) is 10.3 Å². The molecule has 0 amide bonds. The summed E-state index contributed by atoms with van der Waals surface area (Å²) in [4.78, 5) is 4.32. The highest BCUT2D eigenvalue weighted by atomic mass is 32.2. The van der Waals surface area contributed by atoms with Crippen molar-refractivity contribution < 1.29 is 8.42 Å². The average molecular weight is 262 g/mol. The summed E-state index contributed by atoms with van der Waals surface area (Å²) in [5.41, 5.74) is 0.272. The van der Waals surface area contributed by atoms with Crippen molar-refractivity contribution in [1.29, 1.82) is 0 Å². The van der Waals surface area contributed by atoms with Crippen molar-refractivity contribution >= 4 is 26.8 Å². The molecule has 0 radical (unpaired) electrons. The Kier molecular flexibility index (Phi) is 3.49. The van der Waals surface area contributed by atoms with Crippen LogP contribution in [0.4, 0.5) is 0 Å². The second-order valence-electron chi connectivity index (χ2n) is 4.72. The van der Waals surface area contributed by atoms with E-state index < -0.39 is 9.84 Å². The van der Waals surface area contributed by atoms with Crippen LogP contribution in [0.5, 0.6) is 0 Å². The largest absolute Gasteiger partial charge is 0.359 e. The van der Waals surface area contributed by atoms with Crippen LogP contribution in [0.2, 0.25) is 0 Å². The molecule has 0 unspecified atom stereocenters. The van der Waals surface area contributed by atoms with Gasteiger partial charge in [-0.2, -0.15) is 0 Å². The molecular weight excluding hydrogens is 244 g/mol. The lowest BCUT2D eigenvalue weighted by atomic mass is 10.0. The molecule has 1 heterocycles. The van der Waals surface area contributed by atoms with E-state index in [0.29, 0.717) is 6.54 Å². The number of amidine groups is 1. The van der Waals surface area contributed by atoms with Crippen molar-refractivity contribution in [2.45, 2.75) is 31.2 Å². The molecule has 0 aromatic heterocycles. The summed E-state index contributed by atoms with van der Waals surface area (Å²) < 4.78 is 21.9. The molecule has 4 nitrogen and oxygen atoms in total. The molecule has 1 saturated heterocycles. The summed E-state index contributed by atoms with van der Waals surface area (Å²) in [6, 6.07) is 0. The molecule has 92 valence electrons. The van der Waals surface area contributed by atoms with Crippen LogP contribution in [0.1, 0.15) is 25.7 Å². The van der Waals surface area contributed by atoms with E-state index >= 15 is 0 Å². The number of thioether (sulfide) groups is 1. The lowest BCUT2D eigenvalue weighted by Gasteiger charge is -2.21. The van der Waals surface area contributed by atoms with Crippen LogP contribution in [-0.4, -0.2) is 43.4 Å². The summed E-state index contributed by atoms with van der Waals surface area (Å²) in [5.74, 6) is 1.23. The predicted molar refractivity (Wildman–Crippen MR) is 68.8 cm³/mol. The lowest BCUT2D eigenvalue weighted by molar-refractivity contribution is 0.452. The van der Waals surface area contributed by atoms with Crippen molar-refractivity contribution in [2.75, 3.05) is 24.3 Å². The molecule has 2 aliphatic rings. The standard InChI is InChI=1S/C10H18N2O2S2/c1-16(13,14)7-6-11-9-12-10(8-15-9)4-2-3-5-10/h2-8H2,1H3,(H,11,12). The molecule has 6 heteroatoms. The Labute approximate surface area is 101 Å². The highest BCUT2D eigenvalue weighted by Gasteiger charge is 2.39. The van der Waals surface area contributed by atoms with Gasteiger partial charge in [0.2, 0.25) is 0 Å². The molecule has 1 N–H and O–H groups in total. The Bertz CT molecular complexity index is 384. The van der Waals surface area contributed by atoms with Crippen LogP contribution >= 0.6 is 11.8 Å². The number of rotatable bonds is 3. The molecule has 16 heavy (non-hydrogen) atoms. The van der Waals surface area contributed by atoms with Gasteiger partial charge < -0.3 is 5.32 Å². The van der Waals surface area contributed by atoms with Crippen LogP contribution < -0.4 is 5.32 Å². The van der Waals surface area contributed by atoms with E-state index in [0.717, 1.165) is 10.9 Å². The van der Waals surface area contributed by atoms with E-state index in [1.807, 2.05) is 0 Å². The Balaban J connectivity index is 1.86. The van der Waals surface area contributed by atoms with Gasteiger partial charge in [0.25, 0.3) is 0 Å². The maximum atomic E-state index is 11.0. The number of hydrogen-bond donors (Lipinski definition) is 1. The summed E-state index contributed by atoms with van der Waals surface area (Å²) in [5, 5.41) is 4.41. The second-order valence-corrected chi connectivity index (χ2v) is 7.94. The lowest BCUT2D eigenvalue weighted by Crippen LogP contribution is -2.40. The maximum Gasteiger partial charge on any atom is 0.157 e. The summed E-state index contributed by atoms with van der Waals surface area (Å²) >= 11 is 1.73. The molecule has 2 rings (SSSR count). The van der Waals surface area contributed by atoms with Crippen LogP contribution in [0.15, 0.2) is 4.99 Å². The van der Waals surface area contributed by atoms with Crippen molar-refractivity contribution in [3.63, 3.8) is 0 Å². The van der Waals surface area contributed by atoms with Crippen molar-refractivity contribution in [3.8, 4) is 0 Å². The Morgan fingerprint density at radius 3 is 2.75 bits per heavy atom. The predicted octanol–water partition coefficient (Wildman–Crippen LogP) is 1.04. The van der Waals surface area contributed by atoms with Gasteiger partial charge in [0.1, 0.15) is 9.84 Å². The number of aliphatic imine (C=N–C) groups is 1. The molecule has 0 aromatic rings. The van der Waals surface area contributed by atoms with Gasteiger partial charge in [-0.3, -0.25) is 4.99 Å². The van der Waals surface area contributed by atoms with E-state index in [1.165, 1.54) is 31.9 Å². The summed E-state index contributed by atoms with van der Waals surface area (Å²) in [7, 11) is -2.89. The number of nitrogens with one attached hydrogen (secondary N) is 1. The minimum atomic E-state index is -2.89. The van der Waals surface area contributed by atoms with Crippen LogP contribution in [0.25, 0.3) is 0 Å². The summed E-state index contributed by atoms with van der Waals surface area (Å²) in [6.45, 7) is 0.379. The fourth-order valence-corrected chi connectivity index (χ4v) is 3.89. The molecule has 0 atom stereocenters. The third-order valence-corrected chi connectivity index (χ3v) is 5.26. The zero-order chi connectivity index (χ0) is 11.6. The van der Waals surface area contributed by atoms with Gasteiger partial charge in [-0.1, -0.05) is 24.6 Å². The normalized spacial score (nSPS) is 26.4. The van der Waals surface area contributed by atoms with Crippen LogP contribution in [0, 0.1) is 0 Å². The first-order chi connectivity index (χ1) is 7.49. The fraction of sp³-hybridized carbons (Fsp3) is 0.900. The first-order valence-corrected chi connectivity index (χ1v) is 8.67. The van der Waals surface area contributed by atoms with Gasteiger partial charge in [-0.25, -0.2) is 8.42 Å². The minimum Gasteiger partial charge on any atom is -0.359 e. The molecule has 1 aliphatic carbocycles. The Morgan fingerprint density at radius 1 is 1.44 bits per heavy atom. The van der Waals surface area contributed by atoms with E-state index in [1.54, 1.807) is 11.8 Å². The molecule has 2 fully saturated rings. The topological polar surface area (TPSA) is 58.5 Å². The van der Waals surface area contributed by atoms with Crippen LogP contribution in [-0.2, 0) is 9.84 Å². The molecule has 1 spiro atoms. The van der Waals surface area contributed by atoms with Crippen molar-refractivity contribution in [2.24, 2.45) is 4.99 Å². The first kappa shape index (κ1) is 12.2. The first-order valence-electron chi connectivity index (χ1n) is 5.62. The van der Waals surface area contributed by atoms with Gasteiger partial charge in [-0.15, -0.1) is 0 Å². The van der Waals surface area contributed by atoms with Gasteiger partial charge in [-0.05, 0) is 12.8 Å². The monoisotopic (exact) mass is 262 g/mol. The van der Waals surface area contributed by atoms with Gasteiger partial charge in [0.05, 0.1) is 12.3 Å². The van der Waals surface area contributed by atoms with Crippen molar-refractivity contribution in [3.05, 3.63) is 0 Å². The highest BCUT2D eigenvalue weighted by molar-refractivity contribution is 8.14. The number of hydrogen-bond acceptors (Lipinski definition) is 4. The quantitative estimate of drug-likeness (QED) is 0.825. The minimum absolute atomic E-state index is 0.145. The smallest absolute Gasteiger partial charge is 0.157 e. The van der Waals surface area contributed by atoms with Gasteiger partial charge >= 0.3 is 0 Å². The molecule has 1 saturated carbocycles. The highest BCUT2D eigenvalue weighted by Crippen LogP contribution is 2.37. The van der Waals surface area contributed by atoms with Gasteiger partial charge in [0, 0.05) is 17.5 Å². The van der Waals surface area contributed by atoms with E-state index in [9.17, 15) is 8.42 Å². The van der Waals surface area contributed by atoms with Crippen LogP contribution in [0.3, 0.4) is 0 Å². The van der Waals surface area contributed by atoms with E-state index in [4.69, 9.17) is 0 Å². The second kappa shape index (κ2) is 4.56. The number of sulfone groups is 1. The SMILES string of the molecule is CS(=O)(=O)CCN=C1NC2(CCCC2)CS1. The number of nitrogens with zero attached hydrogens (tertiary/aromatic N) is 1. The zero-order valence-electron chi connectivity index (χ0n) is 9.53. The molecule has 0 bridgehead atoms. The third-order valence-electron chi connectivity index (χ3n) is 3.14. The Hall–Kier alpha value is -0.230.